The molecule has 0 aliphatic carbocycles. The molecule has 0 saturated heterocycles. The number of hydrogen-bond acceptors (Lipinski definition) is 1. The van der Waals surface area contributed by atoms with Crippen LogP contribution in [0.2, 0.25) is 0 Å². The molecule has 15 heavy (non-hydrogen) atoms. The Kier molecular flexibility index (Phi) is 4.88. The summed E-state index contributed by atoms with van der Waals surface area (Å²) in [6.45, 7) is 4.74. The Bertz CT molecular complexity index is 318. The molecule has 0 atom stereocenters. The molecular formula is C13H20N2. The Hall–Kier alpha value is -1.31. The van der Waals surface area contributed by atoms with Gasteiger partial charge in [0.25, 0.3) is 0 Å². The predicted molar refractivity (Wildman–Crippen MR) is 65.3 cm³/mol. The maximum Gasteiger partial charge on any atom is 0.0902 e. The lowest BCUT2D eigenvalue weighted by molar-refractivity contribution is 0.792. The normalized spacial score (nSPS) is 10.0. The monoisotopic (exact) mass is 204 g/mol. The number of rotatable bonds is 5. The summed E-state index contributed by atoms with van der Waals surface area (Å²) in [6.07, 6.45) is 3.65. The molecule has 1 aromatic rings. The Morgan fingerprint density at radius 2 is 2.07 bits per heavy atom. The summed E-state index contributed by atoms with van der Waals surface area (Å²) in [7, 11) is 0. The Morgan fingerprint density at radius 1 is 1.33 bits per heavy atom. The molecule has 0 radical (unpaired) electrons. The number of amidine groups is 1. The largest absolute Gasteiger partial charge is 0.370 e. The lowest BCUT2D eigenvalue weighted by Crippen LogP contribution is -2.18. The van der Waals surface area contributed by atoms with Gasteiger partial charge in [-0.25, -0.2) is 0 Å². The molecule has 0 unspecified atom stereocenters. The van der Waals surface area contributed by atoms with Gasteiger partial charge < -0.3 is 5.32 Å². The van der Waals surface area contributed by atoms with Gasteiger partial charge in [0, 0.05) is 6.54 Å². The summed E-state index contributed by atoms with van der Waals surface area (Å²) in [6, 6.07) is 8.61. The van der Waals surface area contributed by atoms with Crippen LogP contribution in [-0.4, -0.2) is 5.84 Å². The molecule has 0 amide bonds. The first kappa shape index (κ1) is 11.8. The molecule has 82 valence electrons. The van der Waals surface area contributed by atoms with Gasteiger partial charge in [-0.05, 0) is 30.9 Å². The zero-order valence-electron chi connectivity index (χ0n) is 9.64. The minimum Gasteiger partial charge on any atom is -0.370 e. The van der Waals surface area contributed by atoms with Crippen molar-refractivity contribution in [2.75, 3.05) is 0 Å². The molecule has 1 rings (SSSR count). The lowest BCUT2D eigenvalue weighted by Gasteiger charge is -2.06. The van der Waals surface area contributed by atoms with E-state index in [1.165, 1.54) is 24.0 Å². The van der Waals surface area contributed by atoms with E-state index in [4.69, 9.17) is 5.41 Å². The molecule has 0 aliphatic heterocycles. The van der Waals surface area contributed by atoms with Crippen LogP contribution in [0.1, 0.15) is 37.8 Å². The van der Waals surface area contributed by atoms with Crippen molar-refractivity contribution in [2.45, 2.75) is 39.7 Å². The van der Waals surface area contributed by atoms with Gasteiger partial charge in [0.05, 0.1) is 5.84 Å². The van der Waals surface area contributed by atoms with Gasteiger partial charge in [-0.1, -0.05) is 37.6 Å². The standard InChI is InChI=1S/C13H20N2/c1-3-4-6-12-7-5-8-13(9-12)10-15-11(2)14/h5,7-9H,3-4,6,10H2,1-2H3,(H2,14,15). The van der Waals surface area contributed by atoms with Crippen LogP contribution in [-0.2, 0) is 13.0 Å². The average molecular weight is 204 g/mol. The third-order valence-electron chi connectivity index (χ3n) is 2.37. The van der Waals surface area contributed by atoms with Crippen LogP contribution >= 0.6 is 0 Å². The molecule has 2 nitrogen and oxygen atoms in total. The van der Waals surface area contributed by atoms with Crippen molar-refractivity contribution in [2.24, 2.45) is 0 Å². The molecule has 0 spiro atoms. The molecule has 0 heterocycles. The highest BCUT2D eigenvalue weighted by Gasteiger charge is 1.96. The van der Waals surface area contributed by atoms with Crippen molar-refractivity contribution in [3.05, 3.63) is 35.4 Å². The van der Waals surface area contributed by atoms with E-state index < -0.39 is 0 Å². The van der Waals surface area contributed by atoms with E-state index in [1.54, 1.807) is 6.92 Å². The summed E-state index contributed by atoms with van der Waals surface area (Å²) in [5, 5.41) is 10.3. The molecule has 0 fully saturated rings. The van der Waals surface area contributed by atoms with Crippen LogP contribution < -0.4 is 5.32 Å². The fraction of sp³-hybridized carbons (Fsp3) is 0.462. The highest BCUT2D eigenvalue weighted by atomic mass is 14.9. The van der Waals surface area contributed by atoms with E-state index in [9.17, 15) is 0 Å². The van der Waals surface area contributed by atoms with Crippen molar-refractivity contribution in [1.29, 1.82) is 5.41 Å². The third-order valence-corrected chi connectivity index (χ3v) is 2.37. The van der Waals surface area contributed by atoms with Gasteiger partial charge in [-0.3, -0.25) is 5.41 Å². The van der Waals surface area contributed by atoms with E-state index in [2.05, 4.69) is 36.5 Å². The van der Waals surface area contributed by atoms with Gasteiger partial charge in [-0.15, -0.1) is 0 Å². The molecule has 1 aromatic carbocycles. The van der Waals surface area contributed by atoms with Gasteiger partial charge in [-0.2, -0.15) is 0 Å². The van der Waals surface area contributed by atoms with Crippen LogP contribution in [0.3, 0.4) is 0 Å². The molecule has 0 aromatic heterocycles. The summed E-state index contributed by atoms with van der Waals surface area (Å²) in [4.78, 5) is 0. The molecule has 2 heteroatoms. The van der Waals surface area contributed by atoms with E-state index in [0.29, 0.717) is 5.84 Å². The Morgan fingerprint density at radius 3 is 2.73 bits per heavy atom. The Labute approximate surface area is 92.2 Å². The first-order valence-electron chi connectivity index (χ1n) is 5.59. The van der Waals surface area contributed by atoms with Crippen LogP contribution in [0.4, 0.5) is 0 Å². The number of nitrogens with one attached hydrogen (secondary N) is 2. The lowest BCUT2D eigenvalue weighted by atomic mass is 10.1. The SMILES string of the molecule is CCCCc1cccc(CNC(C)=N)c1. The van der Waals surface area contributed by atoms with Gasteiger partial charge in [0.1, 0.15) is 0 Å². The maximum absolute atomic E-state index is 7.30. The summed E-state index contributed by atoms with van der Waals surface area (Å²) in [5.41, 5.74) is 2.66. The van der Waals surface area contributed by atoms with Gasteiger partial charge >= 0.3 is 0 Å². The molecule has 0 saturated carbocycles. The number of hydrogen-bond donors (Lipinski definition) is 2. The highest BCUT2D eigenvalue weighted by molar-refractivity contribution is 5.75. The first-order chi connectivity index (χ1) is 7.22. The Balaban J connectivity index is 2.53. The topological polar surface area (TPSA) is 35.9 Å². The molecular weight excluding hydrogens is 184 g/mol. The van der Waals surface area contributed by atoms with Gasteiger partial charge in [0.2, 0.25) is 0 Å². The van der Waals surface area contributed by atoms with Crippen LogP contribution in [0.25, 0.3) is 0 Å². The summed E-state index contributed by atoms with van der Waals surface area (Å²) in [5.74, 6) is 0.522. The first-order valence-corrected chi connectivity index (χ1v) is 5.59. The molecule has 2 N–H and O–H groups in total. The number of aryl methyl sites for hydroxylation is 1. The highest BCUT2D eigenvalue weighted by Crippen LogP contribution is 2.08. The van der Waals surface area contributed by atoms with Crippen molar-refractivity contribution < 1.29 is 0 Å². The molecule has 0 bridgehead atoms. The zero-order valence-corrected chi connectivity index (χ0v) is 9.64. The fourth-order valence-electron chi connectivity index (χ4n) is 1.51. The van der Waals surface area contributed by atoms with E-state index in [-0.39, 0.29) is 0 Å². The summed E-state index contributed by atoms with van der Waals surface area (Å²) >= 11 is 0. The van der Waals surface area contributed by atoms with E-state index >= 15 is 0 Å². The van der Waals surface area contributed by atoms with Crippen LogP contribution in [0.15, 0.2) is 24.3 Å². The fourth-order valence-corrected chi connectivity index (χ4v) is 1.51. The summed E-state index contributed by atoms with van der Waals surface area (Å²) < 4.78 is 0. The minimum absolute atomic E-state index is 0.522. The second kappa shape index (κ2) is 6.23. The van der Waals surface area contributed by atoms with E-state index in [1.807, 2.05) is 0 Å². The average Bonchev–Trinajstić information content (AvgIpc) is 2.24. The van der Waals surface area contributed by atoms with E-state index in [0.717, 1.165) is 13.0 Å². The zero-order chi connectivity index (χ0) is 11.1. The second-order valence-electron chi connectivity index (χ2n) is 3.90. The smallest absolute Gasteiger partial charge is 0.0902 e. The van der Waals surface area contributed by atoms with Crippen molar-refractivity contribution >= 4 is 5.84 Å². The minimum atomic E-state index is 0.522. The van der Waals surface area contributed by atoms with Crippen molar-refractivity contribution in [3.63, 3.8) is 0 Å². The molecule has 0 aliphatic rings. The number of benzene rings is 1. The number of unbranched alkanes of at least 4 members (excludes halogenated alkanes) is 1. The quantitative estimate of drug-likeness (QED) is 0.561. The van der Waals surface area contributed by atoms with Crippen molar-refractivity contribution in [3.8, 4) is 0 Å². The van der Waals surface area contributed by atoms with Crippen LogP contribution in [0, 0.1) is 5.41 Å². The predicted octanol–water partition coefficient (Wildman–Crippen LogP) is 3.12. The third kappa shape index (κ3) is 4.63. The maximum atomic E-state index is 7.30. The van der Waals surface area contributed by atoms with Crippen LogP contribution in [0.5, 0.6) is 0 Å². The second-order valence-corrected chi connectivity index (χ2v) is 3.90. The van der Waals surface area contributed by atoms with Crippen molar-refractivity contribution in [1.82, 2.24) is 5.32 Å². The van der Waals surface area contributed by atoms with Gasteiger partial charge in [0.15, 0.2) is 0 Å².